The maximum Gasteiger partial charge on any atom is 0.307 e. The van der Waals surface area contributed by atoms with E-state index >= 15 is 0 Å². The first-order valence-electron chi connectivity index (χ1n) is 14.6. The van der Waals surface area contributed by atoms with Crippen molar-refractivity contribution < 1.29 is 21.5 Å². The Hall–Kier alpha value is -3.46. The first-order chi connectivity index (χ1) is 20.4. The molecular formula is C36H45NO5S2. The normalized spacial score (nSPS) is 13.0. The van der Waals surface area contributed by atoms with Crippen molar-refractivity contribution in [1.82, 2.24) is 0 Å². The van der Waals surface area contributed by atoms with Crippen molar-refractivity contribution in [3.05, 3.63) is 102 Å². The summed E-state index contributed by atoms with van der Waals surface area (Å²) < 4.78 is 47.5. The van der Waals surface area contributed by atoms with Gasteiger partial charge in [0.2, 0.25) is 0 Å². The van der Waals surface area contributed by atoms with E-state index in [4.69, 9.17) is 13.1 Å². The lowest BCUT2D eigenvalue weighted by Crippen LogP contribution is -2.23. The molecule has 0 unspecified atom stereocenters. The van der Waals surface area contributed by atoms with Crippen LogP contribution in [0.3, 0.4) is 0 Å². The molecule has 0 atom stereocenters. The van der Waals surface area contributed by atoms with Crippen LogP contribution < -0.4 is 14.4 Å². The Bertz CT molecular complexity index is 1620. The molecule has 44 heavy (non-hydrogen) atoms. The molecule has 0 saturated carbocycles. The van der Waals surface area contributed by atoms with E-state index in [1.807, 2.05) is 146 Å². The molecule has 0 radical (unpaired) electrons. The van der Waals surface area contributed by atoms with Crippen LogP contribution in [0.5, 0.6) is 11.5 Å². The highest BCUT2D eigenvalue weighted by Gasteiger charge is 2.39. The van der Waals surface area contributed by atoms with Gasteiger partial charge in [0.15, 0.2) is 0 Å². The molecule has 0 fully saturated rings. The Labute approximate surface area is 265 Å². The van der Waals surface area contributed by atoms with Crippen LogP contribution in [0, 0.1) is 13.8 Å². The van der Waals surface area contributed by atoms with Gasteiger partial charge < -0.3 is 14.4 Å². The van der Waals surface area contributed by atoms with Crippen LogP contribution in [-0.4, -0.2) is 33.7 Å². The third kappa shape index (κ3) is 7.78. The molecule has 4 aromatic carbocycles. The third-order valence-corrected chi connectivity index (χ3v) is 12.0. The van der Waals surface area contributed by atoms with Crippen LogP contribution in [0.1, 0.15) is 52.7 Å². The van der Waals surface area contributed by atoms with E-state index in [-0.39, 0.29) is 16.1 Å². The van der Waals surface area contributed by atoms with Gasteiger partial charge in [-0.05, 0) is 150 Å². The summed E-state index contributed by atoms with van der Waals surface area (Å²) in [5, 5.41) is 0. The first-order valence-corrected chi connectivity index (χ1v) is 17.6. The molecule has 0 N–H and O–H groups in total. The molecule has 0 amide bonds. The number of anilines is 1. The van der Waals surface area contributed by atoms with E-state index in [1.54, 1.807) is 19.1 Å². The van der Waals surface area contributed by atoms with Crippen molar-refractivity contribution >= 4 is 26.1 Å². The Morgan fingerprint density at radius 2 is 1.00 bits per heavy atom. The van der Waals surface area contributed by atoms with Crippen LogP contribution in [0.15, 0.2) is 111 Å². The molecule has 0 aliphatic rings. The lowest BCUT2D eigenvalue weighted by Gasteiger charge is -2.40. The summed E-state index contributed by atoms with van der Waals surface area (Å²) in [6, 6.07) is 28.3. The molecule has 8 heteroatoms. The maximum atomic E-state index is 14.3. The van der Waals surface area contributed by atoms with E-state index in [0.29, 0.717) is 26.9 Å². The maximum absolute atomic E-state index is 14.3. The highest BCUT2D eigenvalue weighted by molar-refractivity contribution is 8.33. The molecule has 0 aromatic heterocycles. The number of aryl methyl sites for hydroxylation is 2. The number of rotatable bonds is 9. The second kappa shape index (κ2) is 12.5. The van der Waals surface area contributed by atoms with E-state index in [2.05, 4.69) is 0 Å². The predicted molar refractivity (Wildman–Crippen MR) is 181 cm³/mol. The molecule has 0 aliphatic heterocycles. The second-order valence-corrected chi connectivity index (χ2v) is 17.5. The summed E-state index contributed by atoms with van der Waals surface area (Å²) in [7, 11) is -3.16. The van der Waals surface area contributed by atoms with Gasteiger partial charge in [0, 0.05) is 34.5 Å². The highest BCUT2D eigenvalue weighted by atomic mass is 32.3. The van der Waals surface area contributed by atoms with Crippen molar-refractivity contribution in [3.63, 3.8) is 0 Å². The smallest absolute Gasteiger partial charge is 0.307 e. The number of ether oxygens (including phenoxy) is 2. The summed E-state index contributed by atoms with van der Waals surface area (Å²) in [5.41, 5.74) is 1.81. The van der Waals surface area contributed by atoms with Crippen molar-refractivity contribution in [1.29, 1.82) is 0 Å². The molecule has 0 heterocycles. The fourth-order valence-corrected chi connectivity index (χ4v) is 10.2. The van der Waals surface area contributed by atoms with Crippen molar-refractivity contribution in [3.8, 4) is 11.5 Å². The van der Waals surface area contributed by atoms with Gasteiger partial charge in [-0.15, -0.1) is 0 Å². The fourth-order valence-electron chi connectivity index (χ4n) is 4.82. The lowest BCUT2D eigenvalue weighted by molar-refractivity contribution is 0.130. The van der Waals surface area contributed by atoms with Gasteiger partial charge in [-0.3, -0.25) is 0 Å². The first kappa shape index (κ1) is 33.4. The topological polar surface area (TPSA) is 65.1 Å². The van der Waals surface area contributed by atoms with Gasteiger partial charge in [-0.2, -0.15) is 8.42 Å². The average molecular weight is 636 g/mol. The number of hydrogen-bond donors (Lipinski definition) is 0. The van der Waals surface area contributed by atoms with E-state index in [1.165, 1.54) is 0 Å². The zero-order valence-corrected chi connectivity index (χ0v) is 29.1. The van der Waals surface area contributed by atoms with Crippen LogP contribution in [-0.2, 0) is 13.7 Å². The standard InChI is InChI=1S/C36H45NO5S2/c1-26-11-24-34(27(2)25-26)44(38,39)42-43(31-18-12-28(13-19-31)37(9)10,32-20-14-29(15-21-32)40-35(3,4)5)33-22-16-30(17-23-33)41-36(6,7)8/h11-25H,1-10H3. The number of hydrogen-bond acceptors (Lipinski definition) is 6. The van der Waals surface area contributed by atoms with Crippen LogP contribution in [0.25, 0.3) is 0 Å². The zero-order valence-electron chi connectivity index (χ0n) is 27.5. The Balaban J connectivity index is 2.01. The van der Waals surface area contributed by atoms with Crippen LogP contribution in [0.4, 0.5) is 5.69 Å². The van der Waals surface area contributed by atoms with Gasteiger partial charge in [0.05, 0.1) is 4.90 Å². The minimum Gasteiger partial charge on any atom is -0.488 e. The number of nitrogens with zero attached hydrogens (tertiary/aromatic N) is 1. The Morgan fingerprint density at radius 1 is 0.591 bits per heavy atom. The summed E-state index contributed by atoms with van der Waals surface area (Å²) in [4.78, 5) is 4.32. The monoisotopic (exact) mass is 635 g/mol. The Kier molecular flexibility index (Phi) is 9.50. The SMILES string of the molecule is Cc1ccc(S(=O)(=O)OS(c2ccc(OC(C)(C)C)cc2)(c2ccc(OC(C)(C)C)cc2)c2ccc(N(C)C)cc2)c(C)c1. The van der Waals surface area contributed by atoms with E-state index < -0.39 is 20.4 Å². The number of benzene rings is 4. The molecule has 6 nitrogen and oxygen atoms in total. The van der Waals surface area contributed by atoms with Crippen molar-refractivity contribution in [2.75, 3.05) is 19.0 Å². The zero-order chi connectivity index (χ0) is 32.5. The fraction of sp³-hybridized carbons (Fsp3) is 0.333. The molecule has 4 aromatic rings. The molecule has 236 valence electrons. The van der Waals surface area contributed by atoms with Gasteiger partial charge in [0.1, 0.15) is 22.7 Å². The molecule has 0 bridgehead atoms. The Morgan fingerprint density at radius 3 is 1.36 bits per heavy atom. The van der Waals surface area contributed by atoms with Crippen molar-refractivity contribution in [2.45, 2.75) is 86.2 Å². The van der Waals surface area contributed by atoms with Gasteiger partial charge >= 0.3 is 10.1 Å². The minimum atomic E-state index is -4.25. The van der Waals surface area contributed by atoms with Gasteiger partial charge in [-0.25, -0.2) is 3.63 Å². The lowest BCUT2D eigenvalue weighted by atomic mass is 10.2. The van der Waals surface area contributed by atoms with E-state index in [9.17, 15) is 8.42 Å². The van der Waals surface area contributed by atoms with Gasteiger partial charge in [0.25, 0.3) is 0 Å². The van der Waals surface area contributed by atoms with Crippen molar-refractivity contribution in [2.24, 2.45) is 0 Å². The minimum absolute atomic E-state index is 0.144. The highest BCUT2D eigenvalue weighted by Crippen LogP contribution is 2.70. The largest absolute Gasteiger partial charge is 0.488 e. The summed E-state index contributed by atoms with van der Waals surface area (Å²) in [5.74, 6) is 1.37. The third-order valence-electron chi connectivity index (χ3n) is 6.64. The molecule has 0 spiro atoms. The van der Waals surface area contributed by atoms with Crippen LogP contribution >= 0.6 is 10.3 Å². The molecular weight excluding hydrogens is 591 g/mol. The average Bonchev–Trinajstić information content (AvgIpc) is 2.91. The second-order valence-electron chi connectivity index (χ2n) is 13.1. The summed E-state index contributed by atoms with van der Waals surface area (Å²) in [6.45, 7) is 15.7. The molecule has 0 saturated heterocycles. The van der Waals surface area contributed by atoms with E-state index in [0.717, 1.165) is 16.1 Å². The van der Waals surface area contributed by atoms with Crippen LogP contribution in [0.2, 0.25) is 0 Å². The summed E-state index contributed by atoms with van der Waals surface area (Å²) in [6.07, 6.45) is 0. The summed E-state index contributed by atoms with van der Waals surface area (Å²) >= 11 is 0. The predicted octanol–water partition coefficient (Wildman–Crippen LogP) is 9.33. The quantitative estimate of drug-likeness (QED) is 0.183. The van der Waals surface area contributed by atoms with Gasteiger partial charge in [-0.1, -0.05) is 17.7 Å². The molecule has 4 rings (SSSR count). The molecule has 0 aliphatic carbocycles.